The van der Waals surface area contributed by atoms with Gasteiger partial charge in [-0.25, -0.2) is 8.78 Å². The normalized spacial score (nSPS) is 14.3. The molecule has 1 aliphatic rings. The molecule has 0 spiro atoms. The van der Waals surface area contributed by atoms with Crippen molar-refractivity contribution in [2.45, 2.75) is 32.1 Å². The molecule has 1 heterocycles. The van der Waals surface area contributed by atoms with Crippen LogP contribution in [-0.2, 0) is 0 Å². The summed E-state index contributed by atoms with van der Waals surface area (Å²) in [5.41, 5.74) is 2.00. The average molecular weight is 347 g/mol. The second-order valence-electron chi connectivity index (χ2n) is 5.91. The molecule has 1 aromatic heterocycles. The number of carbonyl (C=O) groups is 1. The van der Waals surface area contributed by atoms with E-state index in [1.807, 2.05) is 0 Å². The third kappa shape index (κ3) is 4.09. The molecule has 0 saturated carbocycles. The molecule has 24 heavy (non-hydrogen) atoms. The quantitative estimate of drug-likeness (QED) is 0.729. The average Bonchev–Trinajstić information content (AvgIpc) is 3.08. The first-order valence-corrected chi connectivity index (χ1v) is 8.96. The molecular weight excluding hydrogens is 328 g/mol. The van der Waals surface area contributed by atoms with Crippen molar-refractivity contribution in [1.29, 1.82) is 0 Å². The highest BCUT2D eigenvalue weighted by Crippen LogP contribution is 2.29. The Balaban J connectivity index is 1.59. The van der Waals surface area contributed by atoms with E-state index in [4.69, 9.17) is 0 Å². The van der Waals surface area contributed by atoms with E-state index in [1.54, 1.807) is 12.1 Å². The fraction of sp³-hybridized carbons (Fsp3) is 0.316. The van der Waals surface area contributed by atoms with Crippen molar-refractivity contribution in [3.8, 4) is 10.4 Å². The largest absolute Gasteiger partial charge is 0.351 e. The smallest absolute Gasteiger partial charge is 0.261 e. The molecule has 0 aliphatic heterocycles. The summed E-state index contributed by atoms with van der Waals surface area (Å²) in [7, 11) is 0. The van der Waals surface area contributed by atoms with Crippen LogP contribution >= 0.6 is 11.3 Å². The number of allylic oxidation sites excluding steroid dienone is 1. The van der Waals surface area contributed by atoms with Crippen molar-refractivity contribution < 1.29 is 13.6 Å². The van der Waals surface area contributed by atoms with Crippen LogP contribution in [0.3, 0.4) is 0 Å². The van der Waals surface area contributed by atoms with Gasteiger partial charge in [-0.2, -0.15) is 0 Å². The zero-order chi connectivity index (χ0) is 16.9. The maximum Gasteiger partial charge on any atom is 0.261 e. The number of benzene rings is 1. The maximum absolute atomic E-state index is 13.3. The fourth-order valence-corrected chi connectivity index (χ4v) is 3.74. The molecule has 0 bridgehead atoms. The molecule has 5 heteroatoms. The Bertz CT molecular complexity index is 766. The third-order valence-corrected chi connectivity index (χ3v) is 5.28. The SMILES string of the molecule is O=C(NCCC1=CCCCC1)c1ccc(-c2ccc(F)c(F)c2)s1. The van der Waals surface area contributed by atoms with E-state index in [0.29, 0.717) is 17.0 Å². The molecule has 0 unspecified atom stereocenters. The highest BCUT2D eigenvalue weighted by atomic mass is 32.1. The molecule has 0 saturated heterocycles. The monoisotopic (exact) mass is 347 g/mol. The van der Waals surface area contributed by atoms with E-state index in [1.165, 1.54) is 35.8 Å². The van der Waals surface area contributed by atoms with Gasteiger partial charge in [0.25, 0.3) is 5.91 Å². The van der Waals surface area contributed by atoms with Crippen LogP contribution in [0.25, 0.3) is 10.4 Å². The van der Waals surface area contributed by atoms with Crippen molar-refractivity contribution >= 4 is 17.2 Å². The molecule has 1 amide bonds. The van der Waals surface area contributed by atoms with Gasteiger partial charge in [0.2, 0.25) is 0 Å². The molecule has 1 aromatic carbocycles. The molecule has 0 fully saturated rings. The molecule has 0 atom stereocenters. The van der Waals surface area contributed by atoms with E-state index < -0.39 is 11.6 Å². The van der Waals surface area contributed by atoms with Crippen LogP contribution < -0.4 is 5.32 Å². The minimum Gasteiger partial charge on any atom is -0.351 e. The van der Waals surface area contributed by atoms with E-state index in [0.717, 1.165) is 36.3 Å². The van der Waals surface area contributed by atoms with Crippen molar-refractivity contribution in [2.75, 3.05) is 6.54 Å². The Kier molecular flexibility index (Phi) is 5.41. The molecule has 3 rings (SSSR count). The highest BCUT2D eigenvalue weighted by molar-refractivity contribution is 7.17. The number of hydrogen-bond donors (Lipinski definition) is 1. The summed E-state index contributed by atoms with van der Waals surface area (Å²) in [5.74, 6) is -1.87. The first-order valence-electron chi connectivity index (χ1n) is 8.15. The minimum absolute atomic E-state index is 0.120. The van der Waals surface area contributed by atoms with Crippen LogP contribution in [0.5, 0.6) is 0 Å². The predicted molar refractivity (Wildman–Crippen MR) is 93.2 cm³/mol. The first kappa shape index (κ1) is 16.8. The van der Waals surface area contributed by atoms with Gasteiger partial charge in [-0.05, 0) is 61.9 Å². The van der Waals surface area contributed by atoms with Gasteiger partial charge in [-0.3, -0.25) is 4.79 Å². The van der Waals surface area contributed by atoms with E-state index in [9.17, 15) is 13.6 Å². The van der Waals surface area contributed by atoms with Crippen LogP contribution in [-0.4, -0.2) is 12.5 Å². The van der Waals surface area contributed by atoms with Gasteiger partial charge in [-0.1, -0.05) is 17.7 Å². The third-order valence-electron chi connectivity index (χ3n) is 4.15. The number of hydrogen-bond acceptors (Lipinski definition) is 2. The van der Waals surface area contributed by atoms with Crippen molar-refractivity contribution in [3.63, 3.8) is 0 Å². The first-order chi connectivity index (χ1) is 11.6. The van der Waals surface area contributed by atoms with E-state index >= 15 is 0 Å². The zero-order valence-electron chi connectivity index (χ0n) is 13.3. The second-order valence-corrected chi connectivity index (χ2v) is 6.99. The zero-order valence-corrected chi connectivity index (χ0v) is 14.1. The van der Waals surface area contributed by atoms with Gasteiger partial charge in [0, 0.05) is 11.4 Å². The molecule has 1 aliphatic carbocycles. The number of thiophene rings is 1. The van der Waals surface area contributed by atoms with Gasteiger partial charge in [-0.15, -0.1) is 11.3 Å². The van der Waals surface area contributed by atoms with Crippen molar-refractivity contribution in [1.82, 2.24) is 5.32 Å². The second kappa shape index (κ2) is 7.71. The maximum atomic E-state index is 13.3. The number of nitrogens with one attached hydrogen (secondary N) is 1. The summed E-state index contributed by atoms with van der Waals surface area (Å²) in [4.78, 5) is 13.5. The number of rotatable bonds is 5. The van der Waals surface area contributed by atoms with Crippen LogP contribution in [0, 0.1) is 11.6 Å². The summed E-state index contributed by atoms with van der Waals surface area (Å²) in [6.45, 7) is 0.628. The molecular formula is C19H19F2NOS. The summed E-state index contributed by atoms with van der Waals surface area (Å²) in [6.07, 6.45) is 7.95. The van der Waals surface area contributed by atoms with Gasteiger partial charge >= 0.3 is 0 Å². The molecule has 2 aromatic rings. The topological polar surface area (TPSA) is 29.1 Å². The Morgan fingerprint density at radius 1 is 1.12 bits per heavy atom. The summed E-state index contributed by atoms with van der Waals surface area (Å²) in [6, 6.07) is 7.24. The Labute approximate surface area is 144 Å². The lowest BCUT2D eigenvalue weighted by Gasteiger charge is -2.12. The lowest BCUT2D eigenvalue weighted by atomic mass is 9.97. The summed E-state index contributed by atoms with van der Waals surface area (Å²) < 4.78 is 26.3. The van der Waals surface area contributed by atoms with Crippen LogP contribution in [0.4, 0.5) is 8.78 Å². The van der Waals surface area contributed by atoms with Gasteiger partial charge in [0.15, 0.2) is 11.6 Å². The minimum atomic E-state index is -0.882. The van der Waals surface area contributed by atoms with Gasteiger partial charge in [0.05, 0.1) is 4.88 Å². The van der Waals surface area contributed by atoms with E-state index in [2.05, 4.69) is 11.4 Å². The molecule has 0 radical (unpaired) electrons. The lowest BCUT2D eigenvalue weighted by molar-refractivity contribution is 0.0958. The Morgan fingerprint density at radius 3 is 2.75 bits per heavy atom. The van der Waals surface area contributed by atoms with Crippen LogP contribution in [0.2, 0.25) is 0 Å². The Hall–Kier alpha value is -2.01. The predicted octanol–water partition coefficient (Wildman–Crippen LogP) is 5.31. The summed E-state index contributed by atoms with van der Waals surface area (Å²) in [5, 5.41) is 2.93. The van der Waals surface area contributed by atoms with Crippen molar-refractivity contribution in [2.24, 2.45) is 0 Å². The number of amides is 1. The van der Waals surface area contributed by atoms with Gasteiger partial charge in [0.1, 0.15) is 0 Å². The lowest BCUT2D eigenvalue weighted by Crippen LogP contribution is -2.23. The molecule has 1 N–H and O–H groups in total. The van der Waals surface area contributed by atoms with Crippen LogP contribution in [0.1, 0.15) is 41.8 Å². The fourth-order valence-electron chi connectivity index (χ4n) is 2.82. The molecule has 2 nitrogen and oxygen atoms in total. The Morgan fingerprint density at radius 2 is 2.00 bits per heavy atom. The number of carbonyl (C=O) groups excluding carboxylic acids is 1. The summed E-state index contributed by atoms with van der Waals surface area (Å²) >= 11 is 1.28. The van der Waals surface area contributed by atoms with Crippen LogP contribution in [0.15, 0.2) is 42.0 Å². The van der Waals surface area contributed by atoms with Crippen molar-refractivity contribution in [3.05, 3.63) is 58.5 Å². The standard InChI is InChI=1S/C19H19F2NOS/c20-15-7-6-14(12-16(15)21)17-8-9-18(24-17)19(23)22-11-10-13-4-2-1-3-5-13/h4,6-9,12H,1-3,5,10-11H2,(H,22,23). The molecule has 126 valence electrons. The van der Waals surface area contributed by atoms with Gasteiger partial charge < -0.3 is 5.32 Å². The number of halogens is 2. The van der Waals surface area contributed by atoms with E-state index in [-0.39, 0.29) is 5.91 Å². The highest BCUT2D eigenvalue weighted by Gasteiger charge is 2.12.